The highest BCUT2D eigenvalue weighted by atomic mass is 16.5. The van der Waals surface area contributed by atoms with Crippen LogP contribution in [0.3, 0.4) is 0 Å². The van der Waals surface area contributed by atoms with Crippen molar-refractivity contribution < 1.29 is 9.53 Å². The Bertz CT molecular complexity index is 1360. The molecule has 6 heteroatoms. The van der Waals surface area contributed by atoms with Gasteiger partial charge in [0.2, 0.25) is 0 Å². The lowest BCUT2D eigenvalue weighted by molar-refractivity contribution is 0.0526. The number of carbonyl (C=O) groups excluding carboxylic acids is 1. The van der Waals surface area contributed by atoms with Crippen molar-refractivity contribution in [1.82, 2.24) is 19.5 Å². The third kappa shape index (κ3) is 3.08. The first-order valence-electron chi connectivity index (χ1n) is 9.73. The van der Waals surface area contributed by atoms with Gasteiger partial charge < -0.3 is 4.74 Å². The van der Waals surface area contributed by atoms with E-state index in [1.165, 1.54) is 0 Å². The molecule has 30 heavy (non-hydrogen) atoms. The van der Waals surface area contributed by atoms with Crippen molar-refractivity contribution in [3.05, 3.63) is 84.4 Å². The Morgan fingerprint density at radius 3 is 2.20 bits per heavy atom. The molecule has 0 aliphatic rings. The normalized spacial score (nSPS) is 11.1. The van der Waals surface area contributed by atoms with Gasteiger partial charge in [-0.15, -0.1) is 0 Å². The van der Waals surface area contributed by atoms with Crippen molar-refractivity contribution in [3.8, 4) is 17.1 Å². The molecule has 0 radical (unpaired) electrons. The van der Waals surface area contributed by atoms with Crippen LogP contribution < -0.4 is 0 Å². The largest absolute Gasteiger partial charge is 0.462 e. The number of hydrogen-bond donors (Lipinski definition) is 0. The fourth-order valence-electron chi connectivity index (χ4n) is 3.44. The van der Waals surface area contributed by atoms with Gasteiger partial charge in [-0.05, 0) is 43.3 Å². The van der Waals surface area contributed by atoms with Crippen molar-refractivity contribution in [3.63, 3.8) is 0 Å². The lowest BCUT2D eigenvalue weighted by atomic mass is 10.2. The number of para-hydroxylation sites is 2. The number of imidazole rings is 1. The molecule has 5 rings (SSSR count). The summed E-state index contributed by atoms with van der Waals surface area (Å²) in [7, 11) is 0. The SMILES string of the molecule is CCOC(=O)c1ccc(-n2c(-c3ccccc3)nc3nc4ccccc4nc32)cc1. The monoisotopic (exact) mass is 394 g/mol. The summed E-state index contributed by atoms with van der Waals surface area (Å²) in [5.74, 6) is 0.401. The lowest BCUT2D eigenvalue weighted by Gasteiger charge is -2.10. The zero-order chi connectivity index (χ0) is 20.5. The van der Waals surface area contributed by atoms with Crippen molar-refractivity contribution >= 4 is 28.3 Å². The Morgan fingerprint density at radius 1 is 0.833 bits per heavy atom. The molecule has 5 aromatic rings. The van der Waals surface area contributed by atoms with Crippen LogP contribution in [0, 0.1) is 0 Å². The lowest BCUT2D eigenvalue weighted by Crippen LogP contribution is -2.05. The first kappa shape index (κ1) is 18.0. The molecule has 0 N–H and O–H groups in total. The minimum absolute atomic E-state index is 0.339. The van der Waals surface area contributed by atoms with Crippen LogP contribution >= 0.6 is 0 Å². The van der Waals surface area contributed by atoms with E-state index in [0.29, 0.717) is 23.5 Å². The molecule has 0 aliphatic heterocycles. The Hall–Kier alpha value is -4.06. The van der Waals surface area contributed by atoms with E-state index in [9.17, 15) is 4.79 Å². The van der Waals surface area contributed by atoms with Crippen LogP contribution in [0.5, 0.6) is 0 Å². The molecule has 6 nitrogen and oxygen atoms in total. The van der Waals surface area contributed by atoms with E-state index in [1.807, 2.05) is 71.3 Å². The summed E-state index contributed by atoms with van der Waals surface area (Å²) in [5, 5.41) is 0. The molecular formula is C24H18N4O2. The van der Waals surface area contributed by atoms with Crippen LogP contribution in [0.4, 0.5) is 0 Å². The van der Waals surface area contributed by atoms with Crippen LogP contribution in [0.15, 0.2) is 78.9 Å². The maximum Gasteiger partial charge on any atom is 0.338 e. The Morgan fingerprint density at radius 2 is 1.50 bits per heavy atom. The zero-order valence-corrected chi connectivity index (χ0v) is 16.3. The zero-order valence-electron chi connectivity index (χ0n) is 16.3. The summed E-state index contributed by atoms with van der Waals surface area (Å²) in [6.45, 7) is 2.13. The van der Waals surface area contributed by atoms with Crippen LogP contribution in [-0.2, 0) is 4.74 Å². The van der Waals surface area contributed by atoms with Gasteiger partial charge in [-0.1, -0.05) is 42.5 Å². The molecule has 0 bridgehead atoms. The fraction of sp³-hybridized carbons (Fsp3) is 0.0833. The minimum Gasteiger partial charge on any atom is -0.462 e. The smallest absolute Gasteiger partial charge is 0.338 e. The van der Waals surface area contributed by atoms with Gasteiger partial charge in [-0.3, -0.25) is 4.57 Å². The highest BCUT2D eigenvalue weighted by Gasteiger charge is 2.18. The van der Waals surface area contributed by atoms with E-state index in [0.717, 1.165) is 28.1 Å². The summed E-state index contributed by atoms with van der Waals surface area (Å²) in [5.41, 5.74) is 5.13. The molecule has 3 aromatic carbocycles. The maximum absolute atomic E-state index is 12.0. The molecule has 2 aromatic heterocycles. The van der Waals surface area contributed by atoms with Crippen molar-refractivity contribution in [2.75, 3.05) is 6.61 Å². The van der Waals surface area contributed by atoms with Crippen LogP contribution in [0.2, 0.25) is 0 Å². The number of esters is 1. The average Bonchev–Trinajstić information content (AvgIpc) is 3.16. The van der Waals surface area contributed by atoms with Gasteiger partial charge in [-0.2, -0.15) is 0 Å². The molecular weight excluding hydrogens is 376 g/mol. The molecule has 0 saturated carbocycles. The molecule has 0 atom stereocenters. The van der Waals surface area contributed by atoms with E-state index in [1.54, 1.807) is 19.1 Å². The maximum atomic E-state index is 12.0. The van der Waals surface area contributed by atoms with E-state index < -0.39 is 0 Å². The van der Waals surface area contributed by atoms with E-state index >= 15 is 0 Å². The third-order valence-electron chi connectivity index (χ3n) is 4.84. The van der Waals surface area contributed by atoms with Gasteiger partial charge in [-0.25, -0.2) is 19.7 Å². The standard InChI is InChI=1S/C24H18N4O2/c1-2-30-24(29)17-12-14-18(15-13-17)28-22(16-8-4-3-5-9-16)27-21-23(28)26-20-11-7-6-10-19(20)25-21/h3-15H,2H2,1H3. The third-order valence-corrected chi connectivity index (χ3v) is 4.84. The second kappa shape index (κ2) is 7.40. The molecule has 0 spiro atoms. The topological polar surface area (TPSA) is 69.9 Å². The fourth-order valence-corrected chi connectivity index (χ4v) is 3.44. The Kier molecular flexibility index (Phi) is 4.44. The number of hydrogen-bond acceptors (Lipinski definition) is 5. The van der Waals surface area contributed by atoms with E-state index in [4.69, 9.17) is 19.7 Å². The van der Waals surface area contributed by atoms with Crippen molar-refractivity contribution in [2.24, 2.45) is 0 Å². The molecule has 0 unspecified atom stereocenters. The predicted octanol–water partition coefficient (Wildman–Crippen LogP) is 4.81. The summed E-state index contributed by atoms with van der Waals surface area (Å²) < 4.78 is 7.06. The molecule has 146 valence electrons. The number of rotatable bonds is 4. The number of aromatic nitrogens is 4. The number of fused-ring (bicyclic) bond motifs is 2. The van der Waals surface area contributed by atoms with E-state index in [-0.39, 0.29) is 5.97 Å². The van der Waals surface area contributed by atoms with Crippen LogP contribution in [-0.4, -0.2) is 32.1 Å². The molecule has 0 saturated heterocycles. The molecule has 0 aliphatic carbocycles. The average molecular weight is 394 g/mol. The summed E-state index contributed by atoms with van der Waals surface area (Å²) in [4.78, 5) is 26.4. The summed E-state index contributed by atoms with van der Waals surface area (Å²) in [6, 6.07) is 24.9. The Labute approximate surface area is 172 Å². The Balaban J connectivity index is 1.74. The van der Waals surface area contributed by atoms with Crippen molar-refractivity contribution in [2.45, 2.75) is 6.92 Å². The number of ether oxygens (including phenoxy) is 1. The number of nitrogens with zero attached hydrogens (tertiary/aromatic N) is 4. The molecule has 0 fully saturated rings. The first-order chi connectivity index (χ1) is 14.7. The number of benzene rings is 3. The predicted molar refractivity (Wildman–Crippen MR) is 116 cm³/mol. The van der Waals surface area contributed by atoms with Gasteiger partial charge in [0.05, 0.1) is 23.2 Å². The summed E-state index contributed by atoms with van der Waals surface area (Å²) >= 11 is 0. The van der Waals surface area contributed by atoms with Gasteiger partial charge in [0, 0.05) is 11.3 Å². The highest BCUT2D eigenvalue weighted by Crippen LogP contribution is 2.28. The van der Waals surface area contributed by atoms with Gasteiger partial charge in [0.1, 0.15) is 5.82 Å². The molecule has 0 amide bonds. The quantitative estimate of drug-likeness (QED) is 0.409. The van der Waals surface area contributed by atoms with Gasteiger partial charge in [0.25, 0.3) is 0 Å². The van der Waals surface area contributed by atoms with Crippen LogP contribution in [0.25, 0.3) is 39.4 Å². The van der Waals surface area contributed by atoms with Crippen LogP contribution in [0.1, 0.15) is 17.3 Å². The second-order valence-corrected chi connectivity index (χ2v) is 6.76. The first-order valence-corrected chi connectivity index (χ1v) is 9.73. The summed E-state index contributed by atoms with van der Waals surface area (Å²) in [6.07, 6.45) is 0. The van der Waals surface area contributed by atoms with Gasteiger partial charge in [0.15, 0.2) is 11.3 Å². The van der Waals surface area contributed by atoms with Crippen molar-refractivity contribution in [1.29, 1.82) is 0 Å². The minimum atomic E-state index is -0.339. The molecule has 2 heterocycles. The highest BCUT2D eigenvalue weighted by molar-refractivity contribution is 5.90. The second-order valence-electron chi connectivity index (χ2n) is 6.76. The van der Waals surface area contributed by atoms with E-state index in [2.05, 4.69) is 0 Å². The van der Waals surface area contributed by atoms with Gasteiger partial charge >= 0.3 is 5.97 Å². The number of carbonyl (C=O) groups is 1.